The molecular formula is C15H12N2. The zero-order chi connectivity index (χ0) is 12.1. The molecule has 82 valence electrons. The van der Waals surface area contributed by atoms with Crippen LogP contribution in [0.2, 0.25) is 0 Å². The number of hydrogen-bond donors (Lipinski definition) is 0. The minimum atomic E-state index is 0.665. The monoisotopic (exact) mass is 220 g/mol. The normalized spacial score (nSPS) is 10.4. The predicted molar refractivity (Wildman–Crippen MR) is 69.6 cm³/mol. The van der Waals surface area contributed by atoms with E-state index in [2.05, 4.69) is 11.1 Å². The molecule has 0 radical (unpaired) electrons. The largest absolute Gasteiger partial charge is 0.256 e. The summed E-state index contributed by atoms with van der Waals surface area (Å²) >= 11 is 0. The minimum absolute atomic E-state index is 0.665. The van der Waals surface area contributed by atoms with Crippen molar-refractivity contribution < 1.29 is 0 Å². The Bertz CT molecular complexity index is 575. The molecule has 0 heterocycles. The molecule has 2 aromatic rings. The summed E-state index contributed by atoms with van der Waals surface area (Å²) in [5.41, 5.74) is 3.78. The summed E-state index contributed by atoms with van der Waals surface area (Å²) in [6.07, 6.45) is 1.81. The zero-order valence-electron chi connectivity index (χ0n) is 9.59. The van der Waals surface area contributed by atoms with Crippen LogP contribution in [0.4, 0.5) is 5.69 Å². The van der Waals surface area contributed by atoms with Crippen molar-refractivity contribution in [2.24, 2.45) is 4.99 Å². The molecule has 0 aliphatic carbocycles. The van der Waals surface area contributed by atoms with Crippen LogP contribution >= 0.6 is 0 Å². The van der Waals surface area contributed by atoms with E-state index in [0.29, 0.717) is 5.56 Å². The first-order valence-electron chi connectivity index (χ1n) is 5.39. The average molecular weight is 220 g/mol. The Morgan fingerprint density at radius 3 is 2.41 bits per heavy atom. The van der Waals surface area contributed by atoms with Gasteiger partial charge in [0.25, 0.3) is 0 Å². The van der Waals surface area contributed by atoms with Crippen LogP contribution in [0, 0.1) is 18.3 Å². The van der Waals surface area contributed by atoms with E-state index in [9.17, 15) is 0 Å². The highest BCUT2D eigenvalue weighted by Gasteiger charge is 1.93. The molecule has 0 aliphatic rings. The Labute approximate surface area is 101 Å². The number of nitriles is 1. The number of benzene rings is 2. The van der Waals surface area contributed by atoms with E-state index in [-0.39, 0.29) is 0 Å². The Morgan fingerprint density at radius 2 is 1.76 bits per heavy atom. The van der Waals surface area contributed by atoms with E-state index in [1.165, 1.54) is 0 Å². The van der Waals surface area contributed by atoms with E-state index in [1.807, 2.05) is 49.5 Å². The first-order chi connectivity index (χ1) is 8.29. The summed E-state index contributed by atoms with van der Waals surface area (Å²) < 4.78 is 0. The summed E-state index contributed by atoms with van der Waals surface area (Å²) in [5.74, 6) is 0. The maximum atomic E-state index is 8.69. The molecule has 2 aromatic carbocycles. The number of para-hydroxylation sites is 1. The van der Waals surface area contributed by atoms with Crippen LogP contribution in [0.1, 0.15) is 16.7 Å². The second kappa shape index (κ2) is 5.09. The molecule has 2 rings (SSSR count). The summed E-state index contributed by atoms with van der Waals surface area (Å²) in [5, 5.41) is 8.69. The second-order valence-electron chi connectivity index (χ2n) is 3.78. The summed E-state index contributed by atoms with van der Waals surface area (Å²) in [6.45, 7) is 2.03. The topological polar surface area (TPSA) is 36.1 Å². The van der Waals surface area contributed by atoms with Gasteiger partial charge in [0.15, 0.2) is 0 Å². The number of hydrogen-bond acceptors (Lipinski definition) is 2. The molecule has 0 aliphatic heterocycles. The Kier molecular flexibility index (Phi) is 3.32. The fraction of sp³-hybridized carbons (Fsp3) is 0.0667. The van der Waals surface area contributed by atoms with Gasteiger partial charge in [-0.1, -0.05) is 30.3 Å². The molecular weight excluding hydrogens is 208 g/mol. The van der Waals surface area contributed by atoms with Gasteiger partial charge in [-0.3, -0.25) is 4.99 Å². The molecule has 0 aromatic heterocycles. The maximum absolute atomic E-state index is 8.69. The van der Waals surface area contributed by atoms with Crippen LogP contribution in [0.25, 0.3) is 0 Å². The number of rotatable bonds is 2. The zero-order valence-corrected chi connectivity index (χ0v) is 9.59. The number of nitrogens with zero attached hydrogens (tertiary/aromatic N) is 2. The Morgan fingerprint density at radius 1 is 1.06 bits per heavy atom. The molecule has 0 amide bonds. The lowest BCUT2D eigenvalue weighted by Gasteiger charge is -1.98. The van der Waals surface area contributed by atoms with E-state index < -0.39 is 0 Å². The smallest absolute Gasteiger partial charge is 0.0991 e. The lowest BCUT2D eigenvalue weighted by molar-refractivity contribution is 1.40. The fourth-order valence-electron chi connectivity index (χ4n) is 1.50. The van der Waals surface area contributed by atoms with Crippen molar-refractivity contribution in [3.8, 4) is 6.07 Å². The highest BCUT2D eigenvalue weighted by Crippen LogP contribution is 2.16. The van der Waals surface area contributed by atoms with Crippen molar-refractivity contribution in [1.29, 1.82) is 5.26 Å². The van der Waals surface area contributed by atoms with Gasteiger partial charge in [0.2, 0.25) is 0 Å². The van der Waals surface area contributed by atoms with Gasteiger partial charge in [0.05, 0.1) is 17.3 Å². The molecule has 0 fully saturated rings. The summed E-state index contributed by atoms with van der Waals surface area (Å²) in [4.78, 5) is 4.42. The van der Waals surface area contributed by atoms with Gasteiger partial charge in [-0.2, -0.15) is 5.26 Å². The van der Waals surface area contributed by atoms with Gasteiger partial charge in [-0.25, -0.2) is 0 Å². The highest BCUT2D eigenvalue weighted by atomic mass is 14.7. The molecule has 17 heavy (non-hydrogen) atoms. The standard InChI is InChI=1S/C15H12N2/c1-12-4-2-3-5-15(12)17-11-14-8-6-13(10-16)7-9-14/h2-9,11H,1H3. The van der Waals surface area contributed by atoms with Crippen molar-refractivity contribution in [2.75, 3.05) is 0 Å². The van der Waals surface area contributed by atoms with Crippen molar-refractivity contribution in [1.82, 2.24) is 0 Å². The molecule has 0 saturated heterocycles. The third-order valence-electron chi connectivity index (χ3n) is 2.51. The third kappa shape index (κ3) is 2.79. The quantitative estimate of drug-likeness (QED) is 0.712. The van der Waals surface area contributed by atoms with Crippen molar-refractivity contribution in [2.45, 2.75) is 6.92 Å². The van der Waals surface area contributed by atoms with Crippen molar-refractivity contribution >= 4 is 11.9 Å². The molecule has 2 heteroatoms. The SMILES string of the molecule is Cc1ccccc1N=Cc1ccc(C#N)cc1. The van der Waals surface area contributed by atoms with Gasteiger partial charge in [-0.05, 0) is 36.2 Å². The molecule has 0 atom stereocenters. The van der Waals surface area contributed by atoms with E-state index in [1.54, 1.807) is 12.1 Å². The van der Waals surface area contributed by atoms with Crippen LogP contribution in [-0.2, 0) is 0 Å². The fourth-order valence-corrected chi connectivity index (χ4v) is 1.50. The Hall–Kier alpha value is -2.40. The van der Waals surface area contributed by atoms with Gasteiger partial charge in [-0.15, -0.1) is 0 Å². The molecule has 0 spiro atoms. The maximum Gasteiger partial charge on any atom is 0.0991 e. The summed E-state index contributed by atoms with van der Waals surface area (Å²) in [6, 6.07) is 17.4. The third-order valence-corrected chi connectivity index (χ3v) is 2.51. The van der Waals surface area contributed by atoms with E-state index in [0.717, 1.165) is 16.8 Å². The van der Waals surface area contributed by atoms with Crippen molar-refractivity contribution in [3.63, 3.8) is 0 Å². The second-order valence-corrected chi connectivity index (χ2v) is 3.78. The van der Waals surface area contributed by atoms with Crippen molar-refractivity contribution in [3.05, 3.63) is 65.2 Å². The van der Waals surface area contributed by atoms with E-state index >= 15 is 0 Å². The molecule has 0 bridgehead atoms. The number of aryl methyl sites for hydroxylation is 1. The molecule has 0 saturated carbocycles. The van der Waals surface area contributed by atoms with Crippen LogP contribution in [-0.4, -0.2) is 6.21 Å². The van der Waals surface area contributed by atoms with Crippen LogP contribution < -0.4 is 0 Å². The highest BCUT2D eigenvalue weighted by molar-refractivity contribution is 5.82. The Balaban J connectivity index is 2.21. The van der Waals surface area contributed by atoms with Crippen LogP contribution in [0.15, 0.2) is 53.5 Å². The first-order valence-corrected chi connectivity index (χ1v) is 5.39. The minimum Gasteiger partial charge on any atom is -0.256 e. The van der Waals surface area contributed by atoms with Crippen LogP contribution in [0.5, 0.6) is 0 Å². The lowest BCUT2D eigenvalue weighted by Crippen LogP contribution is -1.82. The number of aliphatic imine (C=N–C) groups is 1. The molecule has 2 nitrogen and oxygen atoms in total. The molecule has 0 unspecified atom stereocenters. The van der Waals surface area contributed by atoms with Gasteiger partial charge in [0.1, 0.15) is 0 Å². The predicted octanol–water partition coefficient (Wildman–Crippen LogP) is 3.62. The first kappa shape index (κ1) is 11.1. The van der Waals surface area contributed by atoms with E-state index in [4.69, 9.17) is 5.26 Å². The average Bonchev–Trinajstić information content (AvgIpc) is 2.38. The van der Waals surface area contributed by atoms with Crippen LogP contribution in [0.3, 0.4) is 0 Å². The summed E-state index contributed by atoms with van der Waals surface area (Å²) in [7, 11) is 0. The lowest BCUT2D eigenvalue weighted by atomic mass is 10.1. The van der Waals surface area contributed by atoms with Gasteiger partial charge in [0, 0.05) is 6.21 Å². The molecule has 0 N–H and O–H groups in total. The van der Waals surface area contributed by atoms with Gasteiger partial charge < -0.3 is 0 Å². The van der Waals surface area contributed by atoms with Gasteiger partial charge >= 0.3 is 0 Å².